The minimum atomic E-state index is -1.13. The molecular weight excluding hydrogens is 288 g/mol. The van der Waals surface area contributed by atoms with Crippen LogP contribution in [0.3, 0.4) is 0 Å². The molecule has 0 aliphatic heterocycles. The number of carboxylic acid groups (broad SMARTS) is 1. The van der Waals surface area contributed by atoms with Crippen LogP contribution in [-0.2, 0) is 0 Å². The fourth-order valence-electron chi connectivity index (χ4n) is 2.09. The minimum Gasteiger partial charge on any atom is -0.465 e. The first-order valence-corrected chi connectivity index (χ1v) is 6.39. The lowest BCUT2D eigenvalue weighted by Crippen LogP contribution is -2.24. The summed E-state index contributed by atoms with van der Waals surface area (Å²) in [5.41, 5.74) is 1.44. The monoisotopic (exact) mass is 300 g/mol. The number of hydrogen-bond acceptors (Lipinski definition) is 5. The third-order valence-corrected chi connectivity index (χ3v) is 3.31. The van der Waals surface area contributed by atoms with Crippen LogP contribution in [0, 0.1) is 6.92 Å². The van der Waals surface area contributed by atoms with Crippen molar-refractivity contribution in [2.24, 2.45) is 0 Å². The van der Waals surface area contributed by atoms with E-state index in [9.17, 15) is 9.59 Å². The Morgan fingerprint density at radius 3 is 2.86 bits per heavy atom. The molecule has 0 aliphatic carbocycles. The van der Waals surface area contributed by atoms with Crippen LogP contribution in [0.2, 0.25) is 0 Å². The van der Waals surface area contributed by atoms with E-state index in [0.29, 0.717) is 11.3 Å². The number of nitrogens with zero attached hydrogens (tertiary/aromatic N) is 4. The molecule has 1 amide bonds. The van der Waals surface area contributed by atoms with E-state index in [2.05, 4.69) is 10.3 Å². The van der Waals surface area contributed by atoms with Crippen molar-refractivity contribution in [3.05, 3.63) is 46.4 Å². The Bertz CT molecular complexity index is 928. The average molecular weight is 300 g/mol. The van der Waals surface area contributed by atoms with E-state index in [-0.39, 0.29) is 5.82 Å². The van der Waals surface area contributed by atoms with Gasteiger partial charge in [0.2, 0.25) is 0 Å². The van der Waals surface area contributed by atoms with Gasteiger partial charge in [0.1, 0.15) is 5.58 Å². The van der Waals surface area contributed by atoms with Crippen molar-refractivity contribution < 1.29 is 14.3 Å². The SMILES string of the molecule is Cc1cc(=O)oc2cc(-n3cc(N(C)C(=O)O)nn3)ccc12. The predicted octanol–water partition coefficient (Wildman–Crippen LogP) is 1.80. The predicted molar refractivity (Wildman–Crippen MR) is 78.6 cm³/mol. The van der Waals surface area contributed by atoms with Crippen molar-refractivity contribution in [1.82, 2.24) is 15.0 Å². The number of rotatable bonds is 2. The average Bonchev–Trinajstić information content (AvgIpc) is 2.95. The zero-order valence-electron chi connectivity index (χ0n) is 11.8. The number of hydrogen-bond donors (Lipinski definition) is 1. The molecule has 3 rings (SSSR count). The summed E-state index contributed by atoms with van der Waals surface area (Å²) >= 11 is 0. The molecular formula is C14H12N4O4. The van der Waals surface area contributed by atoms with Crippen LogP contribution < -0.4 is 10.5 Å². The first kappa shape index (κ1) is 13.8. The van der Waals surface area contributed by atoms with Crippen molar-refractivity contribution in [2.45, 2.75) is 6.92 Å². The standard InChI is InChI=1S/C14H12N4O4/c1-8-5-13(19)22-11-6-9(3-4-10(8)11)18-7-12(15-16-18)17(2)14(20)21/h3-7H,1-2H3,(H,20,21). The summed E-state index contributed by atoms with van der Waals surface area (Å²) < 4.78 is 6.59. The van der Waals surface area contributed by atoms with Crippen molar-refractivity contribution in [1.29, 1.82) is 0 Å². The van der Waals surface area contributed by atoms with Crippen LogP contribution in [0.25, 0.3) is 16.7 Å². The molecule has 0 bridgehead atoms. The Kier molecular flexibility index (Phi) is 3.13. The summed E-state index contributed by atoms with van der Waals surface area (Å²) in [6.45, 7) is 1.83. The van der Waals surface area contributed by atoms with E-state index in [1.165, 1.54) is 24.0 Å². The first-order chi connectivity index (χ1) is 10.5. The number of anilines is 1. The Labute approximate surface area is 124 Å². The highest BCUT2D eigenvalue weighted by Gasteiger charge is 2.13. The van der Waals surface area contributed by atoms with E-state index in [0.717, 1.165) is 15.8 Å². The van der Waals surface area contributed by atoms with Crippen molar-refractivity contribution in [3.8, 4) is 5.69 Å². The molecule has 1 aromatic carbocycles. The number of aromatic nitrogens is 3. The van der Waals surface area contributed by atoms with Crippen LogP contribution in [0.15, 0.2) is 39.7 Å². The van der Waals surface area contributed by atoms with Gasteiger partial charge in [-0.15, -0.1) is 5.10 Å². The van der Waals surface area contributed by atoms with Crippen LogP contribution >= 0.6 is 0 Å². The summed E-state index contributed by atoms with van der Waals surface area (Å²) in [5, 5.41) is 17.4. The van der Waals surface area contributed by atoms with Crippen molar-refractivity contribution in [3.63, 3.8) is 0 Å². The lowest BCUT2D eigenvalue weighted by atomic mass is 10.1. The molecule has 2 aromatic heterocycles. The molecule has 0 saturated carbocycles. The molecule has 0 unspecified atom stereocenters. The topological polar surface area (TPSA) is 101 Å². The van der Waals surface area contributed by atoms with Gasteiger partial charge in [0.05, 0.1) is 11.9 Å². The van der Waals surface area contributed by atoms with E-state index < -0.39 is 11.7 Å². The second-order valence-corrected chi connectivity index (χ2v) is 4.79. The summed E-state index contributed by atoms with van der Waals surface area (Å²) in [6, 6.07) is 6.68. The Hall–Kier alpha value is -3.16. The molecule has 8 nitrogen and oxygen atoms in total. The van der Waals surface area contributed by atoms with Gasteiger partial charge in [-0.25, -0.2) is 14.3 Å². The van der Waals surface area contributed by atoms with Gasteiger partial charge in [-0.05, 0) is 24.6 Å². The van der Waals surface area contributed by atoms with Crippen LogP contribution in [0.5, 0.6) is 0 Å². The zero-order valence-corrected chi connectivity index (χ0v) is 11.8. The molecule has 0 atom stereocenters. The third kappa shape index (κ3) is 2.30. The van der Waals surface area contributed by atoms with Gasteiger partial charge in [-0.2, -0.15) is 0 Å². The number of carbonyl (C=O) groups is 1. The maximum absolute atomic E-state index is 11.4. The number of fused-ring (bicyclic) bond motifs is 1. The van der Waals surface area contributed by atoms with Crippen molar-refractivity contribution >= 4 is 22.9 Å². The summed E-state index contributed by atoms with van der Waals surface area (Å²) in [5.74, 6) is 0.193. The van der Waals surface area contributed by atoms with Crippen LogP contribution in [0.1, 0.15) is 5.56 Å². The largest absolute Gasteiger partial charge is 0.465 e. The van der Waals surface area contributed by atoms with Gasteiger partial charge in [-0.3, -0.25) is 4.90 Å². The lowest BCUT2D eigenvalue weighted by Gasteiger charge is -2.07. The molecule has 1 N–H and O–H groups in total. The number of benzene rings is 1. The molecule has 2 heterocycles. The van der Waals surface area contributed by atoms with Gasteiger partial charge in [-0.1, -0.05) is 5.21 Å². The smallest absolute Gasteiger partial charge is 0.412 e. The highest BCUT2D eigenvalue weighted by Crippen LogP contribution is 2.20. The highest BCUT2D eigenvalue weighted by atomic mass is 16.4. The van der Waals surface area contributed by atoms with Crippen LogP contribution in [0.4, 0.5) is 10.6 Å². The molecule has 0 aliphatic rings. The Morgan fingerprint density at radius 2 is 2.14 bits per heavy atom. The maximum atomic E-state index is 11.4. The van der Waals surface area contributed by atoms with Gasteiger partial charge >= 0.3 is 11.7 Å². The van der Waals surface area contributed by atoms with E-state index in [1.807, 2.05) is 13.0 Å². The molecule has 8 heteroatoms. The van der Waals surface area contributed by atoms with Gasteiger partial charge in [0, 0.05) is 24.6 Å². The number of aryl methyl sites for hydroxylation is 1. The quantitative estimate of drug-likeness (QED) is 0.724. The molecule has 3 aromatic rings. The first-order valence-electron chi connectivity index (χ1n) is 6.39. The minimum absolute atomic E-state index is 0.193. The second kappa shape index (κ2) is 4.99. The fourth-order valence-corrected chi connectivity index (χ4v) is 2.09. The van der Waals surface area contributed by atoms with Crippen LogP contribution in [-0.4, -0.2) is 33.2 Å². The third-order valence-electron chi connectivity index (χ3n) is 3.31. The Balaban J connectivity index is 2.07. The zero-order chi connectivity index (χ0) is 15.9. The highest BCUT2D eigenvalue weighted by molar-refractivity contribution is 5.84. The molecule has 112 valence electrons. The maximum Gasteiger partial charge on any atom is 0.412 e. The lowest BCUT2D eigenvalue weighted by molar-refractivity contribution is 0.203. The summed E-state index contributed by atoms with van der Waals surface area (Å²) in [6.07, 6.45) is 0.343. The summed E-state index contributed by atoms with van der Waals surface area (Å²) in [4.78, 5) is 23.3. The van der Waals surface area contributed by atoms with Gasteiger partial charge < -0.3 is 9.52 Å². The Morgan fingerprint density at radius 1 is 1.36 bits per heavy atom. The van der Waals surface area contributed by atoms with Gasteiger partial charge in [0.25, 0.3) is 0 Å². The molecule has 0 saturated heterocycles. The van der Waals surface area contributed by atoms with E-state index >= 15 is 0 Å². The normalized spacial score (nSPS) is 10.8. The number of amides is 1. The van der Waals surface area contributed by atoms with E-state index in [4.69, 9.17) is 9.52 Å². The summed E-state index contributed by atoms with van der Waals surface area (Å²) in [7, 11) is 1.37. The second-order valence-electron chi connectivity index (χ2n) is 4.79. The van der Waals surface area contributed by atoms with E-state index in [1.54, 1.807) is 12.1 Å². The fraction of sp³-hybridized carbons (Fsp3) is 0.143. The molecule has 0 fully saturated rings. The molecule has 0 radical (unpaired) electrons. The molecule has 22 heavy (non-hydrogen) atoms. The molecule has 0 spiro atoms. The van der Waals surface area contributed by atoms with Crippen molar-refractivity contribution in [2.75, 3.05) is 11.9 Å². The van der Waals surface area contributed by atoms with Gasteiger partial charge in [0.15, 0.2) is 5.82 Å².